The zero-order valence-corrected chi connectivity index (χ0v) is 20.2. The van der Waals surface area contributed by atoms with E-state index in [2.05, 4.69) is 24.1 Å². The van der Waals surface area contributed by atoms with E-state index in [1.54, 1.807) is 4.90 Å². The number of hydrogen-bond acceptors (Lipinski definition) is 5. The van der Waals surface area contributed by atoms with Crippen LogP contribution in [0.3, 0.4) is 0 Å². The fourth-order valence-electron chi connectivity index (χ4n) is 4.05. The van der Waals surface area contributed by atoms with Gasteiger partial charge in [0.25, 0.3) is 10.9 Å². The number of hydrogen-bond donors (Lipinski definition) is 1. The maximum atomic E-state index is 11.8. The molecule has 0 aliphatic carbocycles. The monoisotopic (exact) mass is 421 g/mol. The van der Waals surface area contributed by atoms with Gasteiger partial charge in [-0.3, -0.25) is 9.59 Å². The quantitative estimate of drug-likeness (QED) is 0.232. The topological polar surface area (TPSA) is 52.6 Å². The molecule has 1 aromatic carbocycles. The molecule has 0 radical (unpaired) electrons. The molecule has 1 N–H and O–H groups in total. The third-order valence-electron chi connectivity index (χ3n) is 5.94. The van der Waals surface area contributed by atoms with Crippen LogP contribution in [0.1, 0.15) is 97.3 Å². The molecule has 174 valence electrons. The minimum Gasteiger partial charge on any atom is -0.380 e. The lowest BCUT2D eigenvalue weighted by atomic mass is 10.1. The average molecular weight is 422 g/mol. The predicted molar refractivity (Wildman–Crippen MR) is 132 cm³/mol. The van der Waals surface area contributed by atoms with E-state index in [-0.39, 0.29) is 10.9 Å². The minimum absolute atomic E-state index is 0.365. The second-order valence-electron chi connectivity index (χ2n) is 8.93. The second-order valence-corrected chi connectivity index (χ2v) is 8.93. The highest BCUT2D eigenvalue weighted by Gasteiger charge is 2.21. The molecule has 1 rings (SSSR count). The number of unbranched alkanes of at least 4 members (excludes halogenated alkanes) is 10. The third-order valence-corrected chi connectivity index (χ3v) is 5.94. The summed E-state index contributed by atoms with van der Waals surface area (Å²) in [5.41, 5.74) is 0.296. The first-order chi connectivity index (χ1) is 14.5. The highest BCUT2D eigenvalue weighted by Crippen LogP contribution is 2.17. The Balaban J connectivity index is 2.33. The summed E-state index contributed by atoms with van der Waals surface area (Å²) in [4.78, 5) is 27.8. The Morgan fingerprint density at radius 3 is 1.60 bits per heavy atom. The molecule has 5 heteroatoms. The van der Waals surface area contributed by atoms with Crippen LogP contribution in [0.25, 0.3) is 0 Å². The number of nitrogens with one attached hydrogen (secondary N) is 1. The zero-order chi connectivity index (χ0) is 22.2. The fraction of sp³-hybridized carbons (Fsp3) is 0.840. The summed E-state index contributed by atoms with van der Waals surface area (Å²) in [6.07, 6.45) is 17.0. The number of anilines is 2. The molecule has 0 fully saturated rings. The van der Waals surface area contributed by atoms with Gasteiger partial charge in [0, 0.05) is 20.6 Å². The van der Waals surface area contributed by atoms with E-state index in [0.29, 0.717) is 11.4 Å². The normalized spacial score (nSPS) is 11.5. The van der Waals surface area contributed by atoms with Crippen molar-refractivity contribution in [3.05, 3.63) is 20.4 Å². The molecule has 0 heterocycles. The van der Waals surface area contributed by atoms with E-state index < -0.39 is 0 Å². The van der Waals surface area contributed by atoms with Gasteiger partial charge in [-0.1, -0.05) is 78.1 Å². The van der Waals surface area contributed by atoms with Crippen molar-refractivity contribution in [2.45, 2.75) is 97.3 Å². The van der Waals surface area contributed by atoms with Gasteiger partial charge < -0.3 is 15.1 Å². The van der Waals surface area contributed by atoms with Crippen LogP contribution in [-0.2, 0) is 0 Å². The SMILES string of the molecule is CCCCCCCCN(CCCCCCCC)CCCNc1c(N(C)C)c(=O)c1=O. The Morgan fingerprint density at radius 2 is 1.10 bits per heavy atom. The van der Waals surface area contributed by atoms with Gasteiger partial charge in [0.05, 0.1) is 0 Å². The summed E-state index contributed by atoms with van der Waals surface area (Å²) in [7, 11) is 3.62. The summed E-state index contributed by atoms with van der Waals surface area (Å²) in [5.74, 6) is 0. The molecule has 0 atom stereocenters. The molecule has 0 aromatic heterocycles. The van der Waals surface area contributed by atoms with Gasteiger partial charge in [-0.05, 0) is 38.9 Å². The highest BCUT2D eigenvalue weighted by molar-refractivity contribution is 5.74. The molecule has 1 aromatic rings. The molecule has 0 spiro atoms. The maximum Gasteiger partial charge on any atom is 0.253 e. The van der Waals surface area contributed by atoms with E-state index in [1.165, 1.54) is 90.1 Å². The molecule has 0 aliphatic rings. The van der Waals surface area contributed by atoms with Gasteiger partial charge in [0.2, 0.25) is 0 Å². The lowest BCUT2D eigenvalue weighted by Gasteiger charge is -2.23. The lowest BCUT2D eigenvalue weighted by molar-refractivity contribution is 0.259. The molecule has 0 saturated heterocycles. The van der Waals surface area contributed by atoms with Crippen molar-refractivity contribution < 1.29 is 0 Å². The highest BCUT2D eigenvalue weighted by atomic mass is 16.2. The Hall–Kier alpha value is -1.36. The first-order valence-corrected chi connectivity index (χ1v) is 12.5. The Kier molecular flexibility index (Phi) is 14.5. The molecular weight excluding hydrogens is 374 g/mol. The molecule has 0 saturated carbocycles. The van der Waals surface area contributed by atoms with Crippen molar-refractivity contribution in [1.29, 1.82) is 0 Å². The molecule has 0 bridgehead atoms. The third kappa shape index (κ3) is 10.1. The van der Waals surface area contributed by atoms with Crippen LogP contribution in [0.15, 0.2) is 9.59 Å². The van der Waals surface area contributed by atoms with Crippen LogP contribution in [0.2, 0.25) is 0 Å². The van der Waals surface area contributed by atoms with E-state index in [0.717, 1.165) is 19.5 Å². The van der Waals surface area contributed by atoms with Gasteiger partial charge in [-0.2, -0.15) is 0 Å². The van der Waals surface area contributed by atoms with Crippen molar-refractivity contribution in [2.75, 3.05) is 50.5 Å². The van der Waals surface area contributed by atoms with Crippen LogP contribution in [0.5, 0.6) is 0 Å². The molecular formula is C25H47N3O2. The van der Waals surface area contributed by atoms with Crippen molar-refractivity contribution in [3.63, 3.8) is 0 Å². The van der Waals surface area contributed by atoms with Gasteiger partial charge in [-0.15, -0.1) is 0 Å². The zero-order valence-electron chi connectivity index (χ0n) is 20.2. The lowest BCUT2D eigenvalue weighted by Crippen LogP contribution is -2.40. The Morgan fingerprint density at radius 1 is 0.633 bits per heavy atom. The first-order valence-electron chi connectivity index (χ1n) is 12.5. The minimum atomic E-state index is -0.366. The standard InChI is InChI=1S/C25H47N3O2/c1-5-7-9-11-13-15-19-28(20-16-14-12-10-8-6-2)21-17-18-26-22-23(27(3)4)25(30)24(22)29/h26H,5-21H2,1-4H3. The Bertz CT molecular complexity index is 604. The van der Waals surface area contributed by atoms with Gasteiger partial charge in [-0.25, -0.2) is 0 Å². The largest absolute Gasteiger partial charge is 0.380 e. The van der Waals surface area contributed by atoms with Crippen LogP contribution >= 0.6 is 0 Å². The van der Waals surface area contributed by atoms with Crippen LogP contribution < -0.4 is 21.1 Å². The summed E-state index contributed by atoms with van der Waals surface area (Å²) < 4.78 is 0. The van der Waals surface area contributed by atoms with Crippen molar-refractivity contribution in [2.24, 2.45) is 0 Å². The molecule has 30 heavy (non-hydrogen) atoms. The van der Waals surface area contributed by atoms with Gasteiger partial charge in [0.15, 0.2) is 0 Å². The van der Waals surface area contributed by atoms with Gasteiger partial charge in [0.1, 0.15) is 11.4 Å². The van der Waals surface area contributed by atoms with E-state index in [1.807, 2.05) is 14.1 Å². The predicted octanol–water partition coefficient (Wildman–Crippen LogP) is 5.17. The summed E-state index contributed by atoms with van der Waals surface area (Å²) in [6, 6.07) is 0. The maximum absolute atomic E-state index is 11.8. The van der Waals surface area contributed by atoms with Gasteiger partial charge >= 0.3 is 0 Å². The van der Waals surface area contributed by atoms with Crippen molar-refractivity contribution >= 4 is 11.4 Å². The fourth-order valence-corrected chi connectivity index (χ4v) is 4.05. The number of rotatable bonds is 20. The van der Waals surface area contributed by atoms with Crippen molar-refractivity contribution in [3.8, 4) is 0 Å². The van der Waals surface area contributed by atoms with E-state index >= 15 is 0 Å². The molecule has 0 aliphatic heterocycles. The number of nitrogens with zero attached hydrogens (tertiary/aromatic N) is 2. The molecule has 0 amide bonds. The summed E-state index contributed by atoms with van der Waals surface area (Å²) in [5, 5.41) is 3.21. The van der Waals surface area contributed by atoms with Crippen molar-refractivity contribution in [1.82, 2.24) is 4.90 Å². The van der Waals surface area contributed by atoms with Crippen LogP contribution in [0, 0.1) is 0 Å². The first kappa shape index (κ1) is 26.7. The molecule has 5 nitrogen and oxygen atoms in total. The van der Waals surface area contributed by atoms with Crippen LogP contribution in [-0.4, -0.2) is 45.2 Å². The average Bonchev–Trinajstić information content (AvgIpc) is 2.73. The second kappa shape index (κ2) is 16.3. The summed E-state index contributed by atoms with van der Waals surface area (Å²) >= 11 is 0. The molecule has 0 unspecified atom stereocenters. The Labute approximate surface area is 184 Å². The summed E-state index contributed by atoms with van der Waals surface area (Å²) in [6.45, 7) is 8.70. The van der Waals surface area contributed by atoms with Crippen LogP contribution in [0.4, 0.5) is 11.4 Å². The van der Waals surface area contributed by atoms with E-state index in [4.69, 9.17) is 0 Å². The smallest absolute Gasteiger partial charge is 0.253 e. The van der Waals surface area contributed by atoms with E-state index in [9.17, 15) is 9.59 Å².